The van der Waals surface area contributed by atoms with Crippen molar-refractivity contribution in [3.8, 4) is 0 Å². The van der Waals surface area contributed by atoms with Crippen molar-refractivity contribution in [2.75, 3.05) is 26.7 Å². The first-order chi connectivity index (χ1) is 9.40. The Morgan fingerprint density at radius 1 is 1.40 bits per heavy atom. The molecule has 0 rings (SSSR count). The number of carbonyl (C=O) groups excluding carboxylic acids is 1. The third-order valence-electron chi connectivity index (χ3n) is 2.66. The van der Waals surface area contributed by atoms with E-state index >= 15 is 0 Å². The van der Waals surface area contributed by atoms with Gasteiger partial charge in [0, 0.05) is 25.8 Å². The molecule has 0 saturated carbocycles. The van der Waals surface area contributed by atoms with Crippen LogP contribution in [0, 0.1) is 5.92 Å². The molecule has 0 heterocycles. The molecule has 0 spiro atoms. The number of nitrogens with one attached hydrogen (secondary N) is 1. The lowest BCUT2D eigenvalue weighted by molar-refractivity contribution is -0.117. The first-order valence-corrected chi connectivity index (χ1v) is 6.85. The van der Waals surface area contributed by atoms with E-state index in [-0.39, 0.29) is 11.6 Å². The first-order valence-electron chi connectivity index (χ1n) is 6.85. The molecule has 0 aromatic carbocycles. The second-order valence-corrected chi connectivity index (χ2v) is 5.00. The minimum atomic E-state index is -0.212. The van der Waals surface area contributed by atoms with Gasteiger partial charge in [0.25, 0.3) is 5.91 Å². The average molecular weight is 277 g/mol. The van der Waals surface area contributed by atoms with Crippen LogP contribution >= 0.6 is 0 Å². The van der Waals surface area contributed by atoms with E-state index in [1.165, 1.54) is 0 Å². The molecule has 1 atom stereocenters. The van der Waals surface area contributed by atoms with Gasteiger partial charge in [-0.25, -0.2) is 0 Å². The molecule has 112 valence electrons. The molecule has 0 saturated heterocycles. The molecule has 1 unspecified atom stereocenters. The summed E-state index contributed by atoms with van der Waals surface area (Å²) in [5.41, 5.74) is 1.33. The molecule has 0 fully saturated rings. The fraction of sp³-hybridized carbons (Fsp3) is 0.500. The number of amides is 1. The quantitative estimate of drug-likeness (QED) is 0.399. The summed E-state index contributed by atoms with van der Waals surface area (Å²) in [5, 5.41) is 2.84. The van der Waals surface area contributed by atoms with Crippen molar-refractivity contribution in [1.29, 1.82) is 0 Å². The van der Waals surface area contributed by atoms with Crippen LogP contribution in [0.3, 0.4) is 0 Å². The molecule has 0 aliphatic rings. The van der Waals surface area contributed by atoms with Gasteiger partial charge in [-0.3, -0.25) is 9.79 Å². The van der Waals surface area contributed by atoms with Crippen LogP contribution in [0.5, 0.6) is 0 Å². The Labute approximate surface area is 123 Å². The van der Waals surface area contributed by atoms with Crippen molar-refractivity contribution in [3.05, 3.63) is 36.6 Å². The molecule has 4 nitrogen and oxygen atoms in total. The first kappa shape index (κ1) is 18.3. The Morgan fingerprint density at radius 3 is 2.60 bits per heavy atom. The highest BCUT2D eigenvalue weighted by molar-refractivity contribution is 5.93. The van der Waals surface area contributed by atoms with E-state index in [1.807, 2.05) is 26.1 Å². The lowest BCUT2D eigenvalue weighted by Gasteiger charge is -2.21. The molecule has 0 aromatic heterocycles. The zero-order valence-corrected chi connectivity index (χ0v) is 13.1. The zero-order valence-electron chi connectivity index (χ0n) is 13.1. The number of likely N-dealkylation sites (N-methyl/N-ethyl adjacent to an activating group) is 1. The number of rotatable bonds is 9. The summed E-state index contributed by atoms with van der Waals surface area (Å²) in [6, 6.07) is 0. The van der Waals surface area contributed by atoms with Gasteiger partial charge in [0.2, 0.25) is 0 Å². The van der Waals surface area contributed by atoms with Crippen LogP contribution in [0.15, 0.2) is 41.6 Å². The molecule has 0 aliphatic heterocycles. The Kier molecular flexibility index (Phi) is 9.30. The third-order valence-corrected chi connectivity index (χ3v) is 2.66. The molecule has 0 aromatic rings. The summed E-state index contributed by atoms with van der Waals surface area (Å²) in [5.74, 6) is 0.136. The Morgan fingerprint density at radius 2 is 2.05 bits per heavy atom. The SMILES string of the molecule is C=C(C=CC)CN(C)CC(C)CNC(=O)C(=C)N=CC. The van der Waals surface area contributed by atoms with E-state index in [1.54, 1.807) is 13.1 Å². The van der Waals surface area contributed by atoms with E-state index in [0.29, 0.717) is 12.5 Å². The summed E-state index contributed by atoms with van der Waals surface area (Å²) in [7, 11) is 2.05. The van der Waals surface area contributed by atoms with E-state index < -0.39 is 0 Å². The summed E-state index contributed by atoms with van der Waals surface area (Å²) in [6.07, 6.45) is 5.56. The summed E-state index contributed by atoms with van der Waals surface area (Å²) in [4.78, 5) is 17.7. The van der Waals surface area contributed by atoms with E-state index in [2.05, 4.69) is 35.3 Å². The zero-order chi connectivity index (χ0) is 15.5. The highest BCUT2D eigenvalue weighted by Gasteiger charge is 2.10. The second-order valence-electron chi connectivity index (χ2n) is 5.00. The van der Waals surface area contributed by atoms with Crippen molar-refractivity contribution in [2.45, 2.75) is 20.8 Å². The Balaban J connectivity index is 4.04. The maximum atomic E-state index is 11.6. The number of carbonyl (C=O) groups is 1. The molecular formula is C16H27N3O. The van der Waals surface area contributed by atoms with Crippen molar-refractivity contribution in [1.82, 2.24) is 10.2 Å². The van der Waals surface area contributed by atoms with Gasteiger partial charge in [0.1, 0.15) is 5.70 Å². The van der Waals surface area contributed by atoms with Gasteiger partial charge >= 0.3 is 0 Å². The second kappa shape index (κ2) is 10.1. The number of hydrogen-bond donors (Lipinski definition) is 1. The van der Waals surface area contributed by atoms with Crippen LogP contribution in [-0.4, -0.2) is 43.7 Å². The number of aliphatic imine (C=N–C) groups is 1. The largest absolute Gasteiger partial charge is 0.350 e. The van der Waals surface area contributed by atoms with Crippen molar-refractivity contribution in [3.63, 3.8) is 0 Å². The lowest BCUT2D eigenvalue weighted by atomic mass is 10.1. The predicted molar refractivity (Wildman–Crippen MR) is 86.9 cm³/mol. The summed E-state index contributed by atoms with van der Waals surface area (Å²) < 4.78 is 0. The van der Waals surface area contributed by atoms with Gasteiger partial charge in [-0.05, 0) is 32.4 Å². The van der Waals surface area contributed by atoms with E-state index in [0.717, 1.165) is 18.7 Å². The molecule has 0 bridgehead atoms. The highest BCUT2D eigenvalue weighted by atomic mass is 16.2. The maximum Gasteiger partial charge on any atom is 0.269 e. The minimum absolute atomic E-state index is 0.212. The van der Waals surface area contributed by atoms with E-state index in [4.69, 9.17) is 0 Å². The van der Waals surface area contributed by atoms with Gasteiger partial charge in [0.05, 0.1) is 0 Å². The van der Waals surface area contributed by atoms with Crippen LogP contribution < -0.4 is 5.32 Å². The van der Waals surface area contributed by atoms with Crippen LogP contribution in [-0.2, 0) is 4.79 Å². The van der Waals surface area contributed by atoms with E-state index in [9.17, 15) is 4.79 Å². The lowest BCUT2D eigenvalue weighted by Crippen LogP contribution is -2.34. The predicted octanol–water partition coefficient (Wildman–Crippen LogP) is 2.41. The molecule has 0 aliphatic carbocycles. The topological polar surface area (TPSA) is 44.7 Å². The standard InChI is InChI=1S/C16H27N3O/c1-7-9-13(3)11-19(6)12-14(4)10-18-16(20)15(5)17-8-2/h7-9,14H,3,5,10-12H2,1-2,4,6H3,(H,18,20). The highest BCUT2D eigenvalue weighted by Crippen LogP contribution is 2.02. The summed E-state index contributed by atoms with van der Waals surface area (Å²) >= 11 is 0. The van der Waals surface area contributed by atoms with Gasteiger partial charge in [0.15, 0.2) is 0 Å². The normalized spacial score (nSPS) is 13.1. The van der Waals surface area contributed by atoms with Crippen LogP contribution in [0.1, 0.15) is 20.8 Å². The molecular weight excluding hydrogens is 250 g/mol. The van der Waals surface area contributed by atoms with Crippen molar-refractivity contribution in [2.24, 2.45) is 10.9 Å². The smallest absolute Gasteiger partial charge is 0.269 e. The molecule has 1 N–H and O–H groups in total. The third kappa shape index (κ3) is 8.43. The fourth-order valence-corrected chi connectivity index (χ4v) is 1.88. The van der Waals surface area contributed by atoms with Crippen LogP contribution in [0.25, 0.3) is 0 Å². The monoisotopic (exact) mass is 277 g/mol. The van der Waals surface area contributed by atoms with Gasteiger partial charge in [-0.2, -0.15) is 0 Å². The summed E-state index contributed by atoms with van der Waals surface area (Å²) in [6.45, 7) is 15.8. The number of hydrogen-bond acceptors (Lipinski definition) is 3. The van der Waals surface area contributed by atoms with Crippen molar-refractivity contribution < 1.29 is 4.79 Å². The van der Waals surface area contributed by atoms with Crippen LogP contribution in [0.2, 0.25) is 0 Å². The Hall–Kier alpha value is -1.68. The van der Waals surface area contributed by atoms with Gasteiger partial charge in [-0.1, -0.05) is 32.2 Å². The Bertz CT molecular complexity index is 397. The van der Waals surface area contributed by atoms with Crippen molar-refractivity contribution >= 4 is 12.1 Å². The molecule has 0 radical (unpaired) electrons. The molecule has 1 amide bonds. The van der Waals surface area contributed by atoms with Gasteiger partial charge in [-0.15, -0.1) is 0 Å². The average Bonchev–Trinajstić information content (AvgIpc) is 2.36. The number of allylic oxidation sites excluding steroid dienone is 1. The number of nitrogens with zero attached hydrogens (tertiary/aromatic N) is 2. The molecule has 4 heteroatoms. The fourth-order valence-electron chi connectivity index (χ4n) is 1.88. The molecule has 20 heavy (non-hydrogen) atoms. The van der Waals surface area contributed by atoms with Gasteiger partial charge < -0.3 is 10.2 Å². The van der Waals surface area contributed by atoms with Crippen LogP contribution in [0.4, 0.5) is 0 Å². The maximum absolute atomic E-state index is 11.6. The minimum Gasteiger partial charge on any atom is -0.350 e.